The zero-order valence-corrected chi connectivity index (χ0v) is 19.1. The van der Waals surface area contributed by atoms with Crippen LogP contribution in [0.2, 0.25) is 0 Å². The number of rotatable bonds is 6. The van der Waals surface area contributed by atoms with Gasteiger partial charge in [0.2, 0.25) is 12.7 Å². The molecule has 0 spiro atoms. The summed E-state index contributed by atoms with van der Waals surface area (Å²) in [6.45, 7) is 0.200. The molecule has 0 unspecified atom stereocenters. The summed E-state index contributed by atoms with van der Waals surface area (Å²) < 4.78 is 57.4. The number of aromatic carboxylic acids is 1. The summed E-state index contributed by atoms with van der Waals surface area (Å²) in [5.41, 5.74) is 6.80. The molecule has 0 amide bonds. The van der Waals surface area contributed by atoms with Gasteiger partial charge in [0.1, 0.15) is 5.75 Å². The first-order chi connectivity index (χ1) is 17.7. The second kappa shape index (κ2) is 9.47. The average molecular weight is 508 g/mol. The van der Waals surface area contributed by atoms with Crippen molar-refractivity contribution in [3.63, 3.8) is 0 Å². The summed E-state index contributed by atoms with van der Waals surface area (Å²) in [4.78, 5) is 16.2. The van der Waals surface area contributed by atoms with E-state index in [1.54, 1.807) is 36.4 Å². The van der Waals surface area contributed by atoms with E-state index in [0.717, 1.165) is 17.7 Å². The summed E-state index contributed by atoms with van der Waals surface area (Å²) in [7, 11) is 0. The fourth-order valence-corrected chi connectivity index (χ4v) is 3.94. The van der Waals surface area contributed by atoms with Crippen LogP contribution in [0, 0.1) is 0 Å². The smallest absolute Gasteiger partial charge is 0.416 e. The number of alkyl halides is 3. The summed E-state index contributed by atoms with van der Waals surface area (Å²) in [6.07, 6.45) is -4.61. The van der Waals surface area contributed by atoms with Crippen LogP contribution in [-0.2, 0) is 12.7 Å². The number of pyridine rings is 1. The highest BCUT2D eigenvalue weighted by Gasteiger charge is 2.32. The maximum Gasteiger partial charge on any atom is 0.416 e. The van der Waals surface area contributed by atoms with Crippen LogP contribution in [0.4, 0.5) is 13.2 Å². The van der Waals surface area contributed by atoms with Gasteiger partial charge in [-0.3, -0.25) is 0 Å². The number of carbonyl (C=O) groups is 1. The Morgan fingerprint density at radius 1 is 0.973 bits per heavy atom. The van der Waals surface area contributed by atoms with Gasteiger partial charge in [0.05, 0.1) is 16.8 Å². The van der Waals surface area contributed by atoms with Gasteiger partial charge in [-0.15, -0.1) is 0 Å². The molecule has 0 saturated carbocycles. The molecule has 0 atom stereocenters. The SMILES string of the molecule is NCc1cccc(-c2cc(Oc3cccc(-c4cc5c(cc4C(=O)O)OCO5)n3)cc(C(F)(F)F)c2)c1. The van der Waals surface area contributed by atoms with Crippen LogP contribution in [-0.4, -0.2) is 22.9 Å². The van der Waals surface area contributed by atoms with Crippen molar-refractivity contribution in [1.82, 2.24) is 4.98 Å². The molecule has 3 N–H and O–H groups in total. The fourth-order valence-electron chi connectivity index (χ4n) is 3.94. The van der Waals surface area contributed by atoms with Crippen LogP contribution in [0.25, 0.3) is 22.4 Å². The number of fused-ring (bicyclic) bond motifs is 1. The minimum atomic E-state index is -4.61. The molecular formula is C27H19F3N2O5. The van der Waals surface area contributed by atoms with Crippen molar-refractivity contribution in [3.05, 3.63) is 89.5 Å². The van der Waals surface area contributed by atoms with Crippen LogP contribution in [0.5, 0.6) is 23.1 Å². The van der Waals surface area contributed by atoms with Gasteiger partial charge >= 0.3 is 12.1 Å². The summed E-state index contributed by atoms with van der Waals surface area (Å²) in [5.74, 6) is -0.660. The number of nitrogens with zero attached hydrogens (tertiary/aromatic N) is 1. The highest BCUT2D eigenvalue weighted by molar-refractivity contribution is 5.96. The molecule has 10 heteroatoms. The molecule has 0 radical (unpaired) electrons. The lowest BCUT2D eigenvalue weighted by molar-refractivity contribution is -0.137. The van der Waals surface area contributed by atoms with Gasteiger partial charge in [-0.1, -0.05) is 24.3 Å². The molecule has 0 saturated heterocycles. The van der Waals surface area contributed by atoms with Gasteiger partial charge < -0.3 is 25.1 Å². The molecule has 2 heterocycles. The second-order valence-electron chi connectivity index (χ2n) is 8.17. The number of nitrogens with two attached hydrogens (primary N) is 1. The van der Waals surface area contributed by atoms with Crippen molar-refractivity contribution in [2.45, 2.75) is 12.7 Å². The van der Waals surface area contributed by atoms with Gasteiger partial charge in [-0.2, -0.15) is 13.2 Å². The Bertz CT molecular complexity index is 1500. The maximum absolute atomic E-state index is 13.7. The third-order valence-corrected chi connectivity index (χ3v) is 5.69. The van der Waals surface area contributed by atoms with E-state index in [1.807, 2.05) is 0 Å². The number of carboxylic acids is 1. The largest absolute Gasteiger partial charge is 0.478 e. The number of halogens is 3. The zero-order valence-electron chi connectivity index (χ0n) is 19.1. The third-order valence-electron chi connectivity index (χ3n) is 5.69. The number of aromatic nitrogens is 1. The highest BCUT2D eigenvalue weighted by Crippen LogP contribution is 2.40. The third kappa shape index (κ3) is 5.05. The van der Waals surface area contributed by atoms with E-state index in [4.69, 9.17) is 19.9 Å². The number of hydrogen-bond donors (Lipinski definition) is 2. The monoisotopic (exact) mass is 508 g/mol. The Morgan fingerprint density at radius 3 is 2.46 bits per heavy atom. The van der Waals surface area contributed by atoms with Crippen molar-refractivity contribution < 1.29 is 37.3 Å². The van der Waals surface area contributed by atoms with Crippen LogP contribution < -0.4 is 19.9 Å². The van der Waals surface area contributed by atoms with Crippen molar-refractivity contribution in [2.24, 2.45) is 5.73 Å². The zero-order chi connectivity index (χ0) is 26.2. The van der Waals surface area contributed by atoms with E-state index in [0.29, 0.717) is 22.6 Å². The maximum atomic E-state index is 13.7. The van der Waals surface area contributed by atoms with Gasteiger partial charge in [0.15, 0.2) is 11.5 Å². The van der Waals surface area contributed by atoms with Crippen molar-refractivity contribution >= 4 is 5.97 Å². The lowest BCUT2D eigenvalue weighted by atomic mass is 10.0. The quantitative estimate of drug-likeness (QED) is 0.324. The highest BCUT2D eigenvalue weighted by atomic mass is 19.4. The van der Waals surface area contributed by atoms with Crippen molar-refractivity contribution in [1.29, 1.82) is 0 Å². The van der Waals surface area contributed by atoms with Crippen LogP contribution in [0.3, 0.4) is 0 Å². The molecule has 1 aromatic heterocycles. The Kier molecular flexibility index (Phi) is 6.18. The molecule has 0 fully saturated rings. The second-order valence-corrected chi connectivity index (χ2v) is 8.17. The Labute approximate surface area is 208 Å². The van der Waals surface area contributed by atoms with Crippen molar-refractivity contribution in [3.8, 4) is 45.5 Å². The summed E-state index contributed by atoms with van der Waals surface area (Å²) in [6, 6.07) is 17.7. The van der Waals surface area contributed by atoms with Crippen LogP contribution in [0.15, 0.2) is 72.8 Å². The van der Waals surface area contributed by atoms with Gasteiger partial charge in [-0.25, -0.2) is 9.78 Å². The summed E-state index contributed by atoms with van der Waals surface area (Å²) >= 11 is 0. The Balaban J connectivity index is 1.54. The minimum absolute atomic E-state index is 0.0208. The number of benzene rings is 3. The molecule has 5 rings (SSSR count). The molecule has 188 valence electrons. The standard InChI is InChI=1S/C27H19F3N2O5/c28-27(29,30)18-8-17(16-4-1-3-15(7-16)13-31)9-19(10-18)37-25-6-2-5-22(32-25)20-11-23-24(36-14-35-23)12-21(20)26(33)34/h1-12H,13-14,31H2,(H,33,34). The molecule has 0 aliphatic carbocycles. The van der Waals surface area contributed by atoms with Gasteiger partial charge in [0, 0.05) is 18.2 Å². The number of carboxylic acid groups (broad SMARTS) is 1. The molecule has 37 heavy (non-hydrogen) atoms. The van der Waals surface area contributed by atoms with Crippen LogP contribution in [0.1, 0.15) is 21.5 Å². The lowest BCUT2D eigenvalue weighted by Gasteiger charge is -2.14. The van der Waals surface area contributed by atoms with E-state index in [-0.39, 0.29) is 41.8 Å². The Hall–Kier alpha value is -4.57. The lowest BCUT2D eigenvalue weighted by Crippen LogP contribution is -2.06. The predicted octanol–water partition coefficient (Wildman–Crippen LogP) is 6.11. The average Bonchev–Trinajstić information content (AvgIpc) is 3.35. The van der Waals surface area contributed by atoms with E-state index >= 15 is 0 Å². The topological polar surface area (TPSA) is 104 Å². The number of ether oxygens (including phenoxy) is 3. The minimum Gasteiger partial charge on any atom is -0.478 e. The van der Waals surface area contributed by atoms with E-state index in [2.05, 4.69) is 4.98 Å². The van der Waals surface area contributed by atoms with Crippen LogP contribution >= 0.6 is 0 Å². The first-order valence-corrected chi connectivity index (χ1v) is 11.0. The van der Waals surface area contributed by atoms with E-state index < -0.39 is 17.7 Å². The summed E-state index contributed by atoms with van der Waals surface area (Å²) in [5, 5.41) is 9.68. The molecule has 1 aliphatic rings. The Morgan fingerprint density at radius 2 is 1.73 bits per heavy atom. The van der Waals surface area contributed by atoms with E-state index in [1.165, 1.54) is 24.3 Å². The molecular weight excluding hydrogens is 489 g/mol. The fraction of sp³-hybridized carbons (Fsp3) is 0.111. The molecule has 0 bridgehead atoms. The van der Waals surface area contributed by atoms with E-state index in [9.17, 15) is 23.1 Å². The van der Waals surface area contributed by atoms with Gasteiger partial charge in [0.25, 0.3) is 0 Å². The molecule has 1 aliphatic heterocycles. The molecule has 4 aromatic rings. The first-order valence-electron chi connectivity index (χ1n) is 11.0. The normalized spacial score (nSPS) is 12.4. The first kappa shape index (κ1) is 24.1. The van der Waals surface area contributed by atoms with Gasteiger partial charge in [-0.05, 0) is 59.2 Å². The number of hydrogen-bond acceptors (Lipinski definition) is 6. The van der Waals surface area contributed by atoms with Crippen molar-refractivity contribution in [2.75, 3.05) is 6.79 Å². The molecule has 3 aromatic carbocycles. The molecule has 7 nitrogen and oxygen atoms in total. The predicted molar refractivity (Wildman–Crippen MR) is 128 cm³/mol.